The number of carbonyl (C=O) groups is 1. The van der Waals surface area contributed by atoms with E-state index in [0.717, 1.165) is 5.75 Å². The standard InChI is InChI=1S/C15H13Cl2NO3/c16-11-6-7-14(17)13(10-11)15(19)18-21-9-8-20-12-4-2-1-3-5-12/h1-7,10H,8-9H2,(H,18,19). The third-order valence-corrected chi connectivity index (χ3v) is 3.10. The predicted octanol–water partition coefficient (Wildman–Crippen LogP) is 3.73. The molecular formula is C15H13Cl2NO3. The van der Waals surface area contributed by atoms with Crippen LogP contribution in [0.25, 0.3) is 0 Å². The van der Waals surface area contributed by atoms with Crippen molar-refractivity contribution in [2.45, 2.75) is 0 Å². The highest BCUT2D eigenvalue weighted by Crippen LogP contribution is 2.20. The van der Waals surface area contributed by atoms with Gasteiger partial charge in [-0.25, -0.2) is 5.48 Å². The fourth-order valence-electron chi connectivity index (χ4n) is 1.56. The molecule has 0 saturated carbocycles. The number of hydrogen-bond acceptors (Lipinski definition) is 3. The van der Waals surface area contributed by atoms with Crippen LogP contribution in [0.15, 0.2) is 48.5 Å². The van der Waals surface area contributed by atoms with Gasteiger partial charge in [0, 0.05) is 5.02 Å². The van der Waals surface area contributed by atoms with Crippen molar-refractivity contribution in [1.82, 2.24) is 5.48 Å². The molecule has 0 aliphatic rings. The normalized spacial score (nSPS) is 10.2. The number of hydroxylamine groups is 1. The molecule has 0 aliphatic heterocycles. The summed E-state index contributed by atoms with van der Waals surface area (Å²) >= 11 is 11.7. The Labute approximate surface area is 132 Å². The van der Waals surface area contributed by atoms with Crippen LogP contribution < -0.4 is 10.2 Å². The highest BCUT2D eigenvalue weighted by Gasteiger charge is 2.10. The molecule has 0 saturated heterocycles. The van der Waals surface area contributed by atoms with Gasteiger partial charge in [-0.2, -0.15) is 0 Å². The fraction of sp³-hybridized carbons (Fsp3) is 0.133. The maximum Gasteiger partial charge on any atom is 0.276 e. The second-order valence-electron chi connectivity index (χ2n) is 4.07. The van der Waals surface area contributed by atoms with Gasteiger partial charge < -0.3 is 4.74 Å². The summed E-state index contributed by atoms with van der Waals surface area (Å²) in [6.45, 7) is 0.520. The lowest BCUT2D eigenvalue weighted by atomic mass is 10.2. The van der Waals surface area contributed by atoms with E-state index in [-0.39, 0.29) is 12.2 Å². The van der Waals surface area contributed by atoms with E-state index in [0.29, 0.717) is 16.7 Å². The number of carbonyl (C=O) groups excluding carboxylic acids is 1. The lowest BCUT2D eigenvalue weighted by Crippen LogP contribution is -2.26. The molecule has 0 bridgehead atoms. The number of rotatable bonds is 6. The number of ether oxygens (including phenoxy) is 1. The summed E-state index contributed by atoms with van der Waals surface area (Å²) in [6.07, 6.45) is 0. The molecular weight excluding hydrogens is 313 g/mol. The summed E-state index contributed by atoms with van der Waals surface area (Å²) in [5, 5.41) is 0.734. The van der Waals surface area contributed by atoms with Gasteiger partial charge in [-0.3, -0.25) is 9.63 Å². The summed E-state index contributed by atoms with van der Waals surface area (Å²) in [5.41, 5.74) is 2.55. The van der Waals surface area contributed by atoms with Crippen molar-refractivity contribution in [3.05, 3.63) is 64.1 Å². The zero-order chi connectivity index (χ0) is 15.1. The molecule has 0 unspecified atom stereocenters. The first-order chi connectivity index (χ1) is 10.2. The monoisotopic (exact) mass is 325 g/mol. The molecule has 0 atom stereocenters. The van der Waals surface area contributed by atoms with E-state index >= 15 is 0 Å². The number of halogens is 2. The minimum Gasteiger partial charge on any atom is -0.491 e. The van der Waals surface area contributed by atoms with Crippen LogP contribution in [0, 0.1) is 0 Å². The SMILES string of the molecule is O=C(NOCCOc1ccccc1)c1cc(Cl)ccc1Cl. The molecule has 2 aromatic rings. The first-order valence-corrected chi connectivity index (χ1v) is 6.97. The molecule has 0 radical (unpaired) electrons. The van der Waals surface area contributed by atoms with Crippen molar-refractivity contribution in [3.63, 3.8) is 0 Å². The third-order valence-electron chi connectivity index (χ3n) is 2.54. The minimum atomic E-state index is -0.456. The van der Waals surface area contributed by atoms with Crippen LogP contribution in [0.4, 0.5) is 0 Å². The second kappa shape index (κ2) is 7.88. The summed E-state index contributed by atoms with van der Waals surface area (Å²) in [6, 6.07) is 14.0. The van der Waals surface area contributed by atoms with E-state index in [4.69, 9.17) is 32.8 Å². The number of nitrogens with one attached hydrogen (secondary N) is 1. The molecule has 0 aromatic heterocycles. The van der Waals surface area contributed by atoms with Gasteiger partial charge in [0.25, 0.3) is 5.91 Å². The van der Waals surface area contributed by atoms with Gasteiger partial charge in [0.05, 0.1) is 10.6 Å². The highest BCUT2D eigenvalue weighted by atomic mass is 35.5. The molecule has 2 aromatic carbocycles. The number of amides is 1. The predicted molar refractivity (Wildman–Crippen MR) is 81.8 cm³/mol. The summed E-state index contributed by atoms with van der Waals surface area (Å²) in [5.74, 6) is 0.285. The lowest BCUT2D eigenvalue weighted by Gasteiger charge is -2.08. The summed E-state index contributed by atoms with van der Waals surface area (Å²) < 4.78 is 5.41. The van der Waals surface area contributed by atoms with Crippen LogP contribution in [0.1, 0.15) is 10.4 Å². The zero-order valence-electron chi connectivity index (χ0n) is 11.0. The van der Waals surface area contributed by atoms with Crippen LogP contribution in [-0.2, 0) is 4.84 Å². The van der Waals surface area contributed by atoms with E-state index in [9.17, 15) is 4.79 Å². The minimum absolute atomic E-state index is 0.207. The maximum atomic E-state index is 11.8. The molecule has 4 nitrogen and oxygen atoms in total. The molecule has 1 amide bonds. The van der Waals surface area contributed by atoms with E-state index in [1.54, 1.807) is 12.1 Å². The molecule has 0 fully saturated rings. The molecule has 2 rings (SSSR count). The van der Waals surface area contributed by atoms with Crippen LogP contribution in [-0.4, -0.2) is 19.1 Å². The average Bonchev–Trinajstić information content (AvgIpc) is 2.50. The van der Waals surface area contributed by atoms with Gasteiger partial charge >= 0.3 is 0 Å². The van der Waals surface area contributed by atoms with E-state index < -0.39 is 5.91 Å². The van der Waals surface area contributed by atoms with Gasteiger partial charge in [-0.15, -0.1) is 0 Å². The Bertz CT molecular complexity index is 605. The average molecular weight is 326 g/mol. The van der Waals surface area contributed by atoms with Gasteiger partial charge in [-0.1, -0.05) is 41.4 Å². The molecule has 110 valence electrons. The van der Waals surface area contributed by atoms with E-state index in [1.807, 2.05) is 30.3 Å². The molecule has 0 aliphatic carbocycles. The van der Waals surface area contributed by atoms with Gasteiger partial charge in [0.1, 0.15) is 19.0 Å². The first-order valence-electron chi connectivity index (χ1n) is 6.22. The Kier molecular flexibility index (Phi) is 5.87. The maximum absolute atomic E-state index is 11.8. The first kappa shape index (κ1) is 15.6. The number of benzene rings is 2. The Hall–Kier alpha value is -1.75. The largest absolute Gasteiger partial charge is 0.491 e. The van der Waals surface area contributed by atoms with Crippen LogP contribution >= 0.6 is 23.2 Å². The molecule has 0 spiro atoms. The van der Waals surface area contributed by atoms with Crippen LogP contribution in [0.3, 0.4) is 0 Å². The fourth-order valence-corrected chi connectivity index (χ4v) is 1.94. The summed E-state index contributed by atoms with van der Waals surface area (Å²) in [4.78, 5) is 16.9. The van der Waals surface area contributed by atoms with Crippen LogP contribution in [0.5, 0.6) is 5.75 Å². The lowest BCUT2D eigenvalue weighted by molar-refractivity contribution is 0.0200. The van der Waals surface area contributed by atoms with Crippen molar-refractivity contribution < 1.29 is 14.4 Å². The molecule has 0 heterocycles. The second-order valence-corrected chi connectivity index (χ2v) is 4.91. The van der Waals surface area contributed by atoms with Crippen molar-refractivity contribution in [3.8, 4) is 5.75 Å². The zero-order valence-corrected chi connectivity index (χ0v) is 12.5. The highest BCUT2D eigenvalue weighted by molar-refractivity contribution is 6.35. The van der Waals surface area contributed by atoms with Crippen molar-refractivity contribution in [2.75, 3.05) is 13.2 Å². The number of hydrogen-bond donors (Lipinski definition) is 1. The van der Waals surface area contributed by atoms with Gasteiger partial charge in [-0.05, 0) is 30.3 Å². The van der Waals surface area contributed by atoms with Crippen molar-refractivity contribution in [2.24, 2.45) is 0 Å². The Morgan fingerprint density at radius 2 is 1.81 bits per heavy atom. The number of para-hydroxylation sites is 1. The van der Waals surface area contributed by atoms with Crippen LogP contribution in [0.2, 0.25) is 10.0 Å². The quantitative estimate of drug-likeness (QED) is 0.650. The Morgan fingerprint density at radius 1 is 1.05 bits per heavy atom. The molecule has 21 heavy (non-hydrogen) atoms. The van der Waals surface area contributed by atoms with Gasteiger partial charge in [0.15, 0.2) is 0 Å². The molecule has 1 N–H and O–H groups in total. The van der Waals surface area contributed by atoms with Crippen molar-refractivity contribution in [1.29, 1.82) is 0 Å². The van der Waals surface area contributed by atoms with E-state index in [2.05, 4.69) is 5.48 Å². The topological polar surface area (TPSA) is 47.6 Å². The Balaban J connectivity index is 1.73. The smallest absolute Gasteiger partial charge is 0.276 e. The third kappa shape index (κ3) is 4.93. The Morgan fingerprint density at radius 3 is 2.57 bits per heavy atom. The van der Waals surface area contributed by atoms with Crippen molar-refractivity contribution >= 4 is 29.1 Å². The van der Waals surface area contributed by atoms with Gasteiger partial charge in [0.2, 0.25) is 0 Å². The van der Waals surface area contributed by atoms with E-state index in [1.165, 1.54) is 6.07 Å². The molecule has 6 heteroatoms. The summed E-state index contributed by atoms with van der Waals surface area (Å²) in [7, 11) is 0.